The van der Waals surface area contributed by atoms with Gasteiger partial charge in [0, 0.05) is 16.4 Å². The average molecular weight is 583 g/mol. The fourth-order valence-electron chi connectivity index (χ4n) is 5.29. The van der Waals surface area contributed by atoms with Crippen molar-refractivity contribution in [1.82, 2.24) is 4.98 Å². The van der Waals surface area contributed by atoms with Crippen LogP contribution in [0.4, 0.5) is 18.9 Å². The van der Waals surface area contributed by atoms with Gasteiger partial charge in [-0.15, -0.1) is 0 Å². The number of rotatable bonds is 5. The molecule has 1 N–H and O–H groups in total. The minimum atomic E-state index is -4.77. The smallest absolute Gasteiger partial charge is 0.418 e. The van der Waals surface area contributed by atoms with Crippen molar-refractivity contribution in [3.63, 3.8) is 0 Å². The molecule has 40 heavy (non-hydrogen) atoms. The minimum Gasteiger partial charge on any atom is -0.489 e. The van der Waals surface area contributed by atoms with Crippen LogP contribution >= 0.6 is 23.1 Å². The molecule has 11 heteroatoms. The number of alkyl halides is 3. The number of aromatic amines is 1. The van der Waals surface area contributed by atoms with Crippen molar-refractivity contribution in [3.8, 4) is 5.75 Å². The lowest BCUT2D eigenvalue weighted by Crippen LogP contribution is -2.33. The van der Waals surface area contributed by atoms with Gasteiger partial charge in [0.15, 0.2) is 0 Å². The minimum absolute atomic E-state index is 0.243. The molecule has 1 saturated heterocycles. The number of carbonyl (C=O) groups is 2. The van der Waals surface area contributed by atoms with Gasteiger partial charge < -0.3 is 9.72 Å². The predicted octanol–water partition coefficient (Wildman–Crippen LogP) is 6.14. The van der Waals surface area contributed by atoms with Gasteiger partial charge in [0.1, 0.15) is 17.6 Å². The Balaban J connectivity index is 1.45. The number of nitrogens with one attached hydrogen (secondary N) is 1. The van der Waals surface area contributed by atoms with Crippen LogP contribution in [0.5, 0.6) is 5.75 Å². The number of para-hydroxylation sites is 2. The van der Waals surface area contributed by atoms with Crippen molar-refractivity contribution in [3.05, 3.63) is 110 Å². The van der Waals surface area contributed by atoms with Crippen LogP contribution in [0.1, 0.15) is 33.0 Å². The molecular weight excluding hydrogens is 561 g/mol. The van der Waals surface area contributed by atoms with Gasteiger partial charge >= 0.3 is 11.0 Å². The van der Waals surface area contributed by atoms with E-state index in [-0.39, 0.29) is 11.5 Å². The summed E-state index contributed by atoms with van der Waals surface area (Å²) >= 11 is 1.94. The fourth-order valence-corrected chi connectivity index (χ4v) is 7.80. The van der Waals surface area contributed by atoms with Gasteiger partial charge in [-0.2, -0.15) is 13.2 Å². The van der Waals surface area contributed by atoms with Gasteiger partial charge in [0.25, 0.3) is 0 Å². The van der Waals surface area contributed by atoms with Crippen molar-refractivity contribution in [2.75, 3.05) is 4.90 Å². The summed E-state index contributed by atoms with van der Waals surface area (Å²) in [6.45, 7) is 2.21. The molecule has 2 aliphatic heterocycles. The zero-order valence-corrected chi connectivity index (χ0v) is 22.5. The van der Waals surface area contributed by atoms with E-state index in [2.05, 4.69) is 4.98 Å². The lowest BCUT2D eigenvalue weighted by atomic mass is 9.82. The van der Waals surface area contributed by atoms with E-state index in [1.807, 2.05) is 31.2 Å². The highest BCUT2D eigenvalue weighted by molar-refractivity contribution is 8.00. The summed E-state index contributed by atoms with van der Waals surface area (Å²) in [6.07, 6.45) is -4.77. The first-order valence-corrected chi connectivity index (χ1v) is 14.0. The number of thiazole rings is 1. The molecule has 0 saturated carbocycles. The van der Waals surface area contributed by atoms with Crippen LogP contribution in [0.3, 0.4) is 0 Å². The van der Waals surface area contributed by atoms with Crippen LogP contribution in [-0.4, -0.2) is 22.0 Å². The molecular formula is C29H21F3N2O4S2. The highest BCUT2D eigenvalue weighted by Gasteiger charge is 2.57. The molecule has 204 valence electrons. The first-order chi connectivity index (χ1) is 19.1. The van der Waals surface area contributed by atoms with Crippen LogP contribution in [0.2, 0.25) is 0 Å². The maximum Gasteiger partial charge on any atom is 0.418 e. The van der Waals surface area contributed by atoms with E-state index in [0.717, 1.165) is 46.4 Å². The quantitative estimate of drug-likeness (QED) is 0.286. The molecule has 6 rings (SSSR count). The molecule has 3 atom stereocenters. The van der Waals surface area contributed by atoms with Crippen LogP contribution < -0.4 is 14.5 Å². The number of hydrogen-bond acceptors (Lipinski definition) is 6. The van der Waals surface area contributed by atoms with Crippen molar-refractivity contribution in [1.29, 1.82) is 0 Å². The van der Waals surface area contributed by atoms with Gasteiger partial charge in [-0.25, -0.2) is 4.90 Å². The molecule has 3 heterocycles. The number of thioether (sulfide) groups is 1. The van der Waals surface area contributed by atoms with E-state index in [0.29, 0.717) is 26.1 Å². The third kappa shape index (κ3) is 4.43. The third-order valence-corrected chi connectivity index (χ3v) is 9.57. The van der Waals surface area contributed by atoms with E-state index < -0.39 is 46.3 Å². The van der Waals surface area contributed by atoms with E-state index in [9.17, 15) is 27.6 Å². The summed E-state index contributed by atoms with van der Waals surface area (Å²) in [7, 11) is 0. The SMILES string of the molecule is Cc1ccccc1COc1ccccc1[C@@H]1c2sc(=O)[nH]c2S[C@H]2C(=O)N(c3ccccc3C(F)(F)F)C(=O)[C@@H]12. The first-order valence-electron chi connectivity index (χ1n) is 12.3. The number of amides is 2. The lowest BCUT2D eigenvalue weighted by molar-refractivity contribution is -0.137. The Hall–Kier alpha value is -3.83. The number of carbonyl (C=O) groups excluding carboxylic acids is 2. The molecule has 0 aliphatic carbocycles. The second-order valence-corrected chi connectivity index (χ2v) is 11.7. The van der Waals surface area contributed by atoms with E-state index in [1.54, 1.807) is 24.3 Å². The number of aryl methyl sites for hydroxylation is 1. The molecule has 0 bridgehead atoms. The highest BCUT2D eigenvalue weighted by atomic mass is 32.2. The highest BCUT2D eigenvalue weighted by Crippen LogP contribution is 2.55. The fraction of sp³-hybridized carbons (Fsp3) is 0.207. The predicted molar refractivity (Wildman–Crippen MR) is 146 cm³/mol. The monoisotopic (exact) mass is 582 g/mol. The molecule has 0 spiro atoms. The first kappa shape index (κ1) is 26.4. The number of aromatic nitrogens is 1. The Morgan fingerprint density at radius 3 is 2.40 bits per heavy atom. The molecule has 4 aromatic rings. The normalized spacial score (nSPS) is 20.4. The maximum atomic E-state index is 14.0. The molecule has 2 aliphatic rings. The second-order valence-electron chi connectivity index (χ2n) is 9.53. The van der Waals surface area contributed by atoms with Crippen LogP contribution in [0.15, 0.2) is 82.6 Å². The van der Waals surface area contributed by atoms with Crippen molar-refractivity contribution in [2.24, 2.45) is 5.92 Å². The van der Waals surface area contributed by atoms with Gasteiger partial charge in [0.2, 0.25) is 11.8 Å². The van der Waals surface area contributed by atoms with Crippen molar-refractivity contribution < 1.29 is 27.5 Å². The summed E-state index contributed by atoms with van der Waals surface area (Å²) in [5, 5.41) is -0.594. The molecule has 1 fully saturated rings. The number of imide groups is 1. The van der Waals surface area contributed by atoms with E-state index >= 15 is 0 Å². The average Bonchev–Trinajstić information content (AvgIpc) is 3.42. The maximum absolute atomic E-state index is 14.0. The Labute approximate surface area is 234 Å². The molecule has 1 aromatic heterocycles. The van der Waals surface area contributed by atoms with Crippen molar-refractivity contribution in [2.45, 2.75) is 35.9 Å². The number of anilines is 1. The molecule has 0 radical (unpaired) electrons. The van der Waals surface area contributed by atoms with Gasteiger partial charge in [-0.3, -0.25) is 14.4 Å². The number of ether oxygens (including phenoxy) is 1. The summed E-state index contributed by atoms with van der Waals surface area (Å²) in [6, 6.07) is 19.3. The summed E-state index contributed by atoms with van der Waals surface area (Å²) in [5.41, 5.74) is 1.01. The zero-order valence-electron chi connectivity index (χ0n) is 20.9. The van der Waals surface area contributed by atoms with Gasteiger partial charge in [-0.05, 0) is 36.2 Å². The Kier molecular flexibility index (Phi) is 6.58. The number of fused-ring (bicyclic) bond motifs is 2. The number of halogens is 3. The summed E-state index contributed by atoms with van der Waals surface area (Å²) in [5.74, 6) is -2.86. The van der Waals surface area contributed by atoms with E-state index in [4.69, 9.17) is 4.74 Å². The molecule has 2 amide bonds. The van der Waals surface area contributed by atoms with Crippen LogP contribution in [-0.2, 0) is 22.4 Å². The zero-order chi connectivity index (χ0) is 28.2. The molecule has 6 nitrogen and oxygen atoms in total. The Bertz CT molecular complexity index is 1700. The summed E-state index contributed by atoms with van der Waals surface area (Å²) < 4.78 is 47.8. The number of nitrogens with zero attached hydrogens (tertiary/aromatic N) is 1. The summed E-state index contributed by atoms with van der Waals surface area (Å²) in [4.78, 5) is 43.6. The lowest BCUT2D eigenvalue weighted by Gasteiger charge is -2.31. The Morgan fingerprint density at radius 2 is 1.62 bits per heavy atom. The number of hydrogen-bond donors (Lipinski definition) is 1. The topological polar surface area (TPSA) is 79.5 Å². The van der Waals surface area contributed by atoms with Gasteiger partial charge in [0.05, 0.1) is 22.2 Å². The van der Waals surface area contributed by atoms with Gasteiger partial charge in [-0.1, -0.05) is 77.7 Å². The molecule has 3 aromatic carbocycles. The second kappa shape index (κ2) is 9.97. The largest absolute Gasteiger partial charge is 0.489 e. The third-order valence-electron chi connectivity index (χ3n) is 7.17. The number of benzene rings is 3. The van der Waals surface area contributed by atoms with Crippen LogP contribution in [0, 0.1) is 12.8 Å². The number of H-pyrrole nitrogens is 1. The standard InChI is InChI=1S/C29H21F3N2O4S2/c1-15-8-2-3-9-16(15)14-38-20-13-7-4-10-17(20)21-22-24(39-25-23(21)40-28(37)33-25)27(36)34(26(22)35)19-12-6-5-11-18(19)29(30,31)32/h2-13,21-22,24H,14H2,1H3,(H,33,37)/t21-,22-,24+/m0/s1. The Morgan fingerprint density at radius 1 is 0.925 bits per heavy atom. The van der Waals surface area contributed by atoms with Crippen molar-refractivity contribution >= 4 is 40.6 Å². The van der Waals surface area contributed by atoms with Crippen LogP contribution in [0.25, 0.3) is 0 Å². The van der Waals surface area contributed by atoms with E-state index in [1.165, 1.54) is 12.1 Å². The molecule has 0 unspecified atom stereocenters.